The zero-order chi connectivity index (χ0) is 20.8. The largest absolute Gasteiger partial charge is 0.497 e. The summed E-state index contributed by atoms with van der Waals surface area (Å²) in [4.78, 5) is 25.7. The minimum absolute atomic E-state index is 0.105. The maximum absolute atomic E-state index is 13.1. The van der Waals surface area contributed by atoms with Gasteiger partial charge in [-0.1, -0.05) is 13.8 Å². The van der Waals surface area contributed by atoms with Crippen molar-refractivity contribution in [2.75, 3.05) is 20.8 Å². The third-order valence-corrected chi connectivity index (χ3v) is 4.27. The minimum atomic E-state index is -1.09. The summed E-state index contributed by atoms with van der Waals surface area (Å²) >= 11 is 0. The number of rotatable bonds is 9. The topological polar surface area (TPSA) is 93.9 Å². The molecule has 0 unspecified atom stereocenters. The molecule has 0 spiro atoms. The second-order valence-electron chi connectivity index (χ2n) is 7.00. The van der Waals surface area contributed by atoms with Crippen LogP contribution in [0.5, 0.6) is 11.5 Å². The number of carbonyl (C=O) groups is 2. The highest BCUT2D eigenvalue weighted by molar-refractivity contribution is 5.96. The first-order chi connectivity index (χ1) is 13.2. The smallest absolute Gasteiger partial charge is 0.323 e. The molecule has 0 aliphatic carbocycles. The van der Waals surface area contributed by atoms with E-state index in [4.69, 9.17) is 9.47 Å². The molecule has 0 radical (unpaired) electrons. The van der Waals surface area contributed by atoms with Crippen molar-refractivity contribution >= 4 is 11.9 Å². The van der Waals surface area contributed by atoms with Crippen LogP contribution >= 0.6 is 0 Å². The van der Waals surface area contributed by atoms with Crippen LogP contribution < -0.4 is 9.47 Å². The number of benzene rings is 1. The first kappa shape index (κ1) is 21.3. The van der Waals surface area contributed by atoms with Gasteiger partial charge in [-0.05, 0) is 30.5 Å². The van der Waals surface area contributed by atoms with Gasteiger partial charge in [0.15, 0.2) is 0 Å². The summed E-state index contributed by atoms with van der Waals surface area (Å²) in [6, 6.07) is 5.21. The summed E-state index contributed by atoms with van der Waals surface area (Å²) in [6.07, 6.45) is 1.50. The Hall–Kier alpha value is -3.03. The number of aromatic nitrogens is 2. The second-order valence-corrected chi connectivity index (χ2v) is 7.00. The van der Waals surface area contributed by atoms with Crippen LogP contribution in [-0.4, -0.2) is 52.4 Å². The molecular weight excluding hydrogens is 362 g/mol. The first-order valence-corrected chi connectivity index (χ1v) is 9.00. The molecule has 0 saturated carbocycles. The lowest BCUT2D eigenvalue weighted by atomic mass is 10.1. The Morgan fingerprint density at radius 2 is 1.79 bits per heavy atom. The molecule has 1 heterocycles. The minimum Gasteiger partial charge on any atom is -0.497 e. The van der Waals surface area contributed by atoms with Crippen LogP contribution in [0.4, 0.5) is 0 Å². The fourth-order valence-corrected chi connectivity index (χ4v) is 2.90. The lowest BCUT2D eigenvalue weighted by molar-refractivity contribution is -0.137. The van der Waals surface area contributed by atoms with Gasteiger partial charge in [0, 0.05) is 24.8 Å². The molecule has 0 bridgehead atoms. The molecule has 1 aromatic heterocycles. The van der Waals surface area contributed by atoms with E-state index in [1.165, 1.54) is 25.3 Å². The molecule has 0 atom stereocenters. The Morgan fingerprint density at radius 3 is 2.29 bits per heavy atom. The van der Waals surface area contributed by atoms with E-state index in [1.807, 2.05) is 6.92 Å². The van der Waals surface area contributed by atoms with Crippen LogP contribution in [0.3, 0.4) is 0 Å². The van der Waals surface area contributed by atoms with Crippen molar-refractivity contribution in [1.29, 1.82) is 0 Å². The number of aliphatic carboxylic acids is 1. The highest BCUT2D eigenvalue weighted by Gasteiger charge is 2.23. The van der Waals surface area contributed by atoms with Crippen molar-refractivity contribution in [3.05, 3.63) is 41.2 Å². The molecule has 1 amide bonds. The molecule has 1 N–H and O–H groups in total. The van der Waals surface area contributed by atoms with E-state index in [-0.39, 0.29) is 12.5 Å². The van der Waals surface area contributed by atoms with Crippen LogP contribution in [0.2, 0.25) is 0 Å². The number of hydrogen-bond acceptors (Lipinski definition) is 5. The number of hydrogen-bond donors (Lipinski definition) is 1. The van der Waals surface area contributed by atoms with Gasteiger partial charge in [-0.3, -0.25) is 14.3 Å². The van der Waals surface area contributed by atoms with Crippen molar-refractivity contribution in [1.82, 2.24) is 14.7 Å². The molecule has 1 aromatic carbocycles. The predicted molar refractivity (Wildman–Crippen MR) is 104 cm³/mol. The number of nitrogens with zero attached hydrogens (tertiary/aromatic N) is 3. The summed E-state index contributed by atoms with van der Waals surface area (Å²) in [5, 5.41) is 13.6. The van der Waals surface area contributed by atoms with Crippen LogP contribution in [-0.2, 0) is 17.9 Å². The van der Waals surface area contributed by atoms with E-state index in [2.05, 4.69) is 18.9 Å². The first-order valence-electron chi connectivity index (χ1n) is 9.00. The van der Waals surface area contributed by atoms with Crippen molar-refractivity contribution in [2.24, 2.45) is 5.92 Å². The van der Waals surface area contributed by atoms with Crippen LogP contribution in [0.1, 0.15) is 35.5 Å². The van der Waals surface area contributed by atoms with Crippen LogP contribution in [0.15, 0.2) is 24.4 Å². The Morgan fingerprint density at radius 1 is 1.18 bits per heavy atom. The van der Waals surface area contributed by atoms with Crippen molar-refractivity contribution in [3.63, 3.8) is 0 Å². The number of methoxy groups -OCH3 is 2. The van der Waals surface area contributed by atoms with Gasteiger partial charge >= 0.3 is 5.97 Å². The third-order valence-electron chi connectivity index (χ3n) is 4.27. The standard InChI is InChI=1S/C20H27N3O5/c1-13(2)10-23-14(3)18(9-21-23)20(26)22(12-19(24)25)11-15-6-16(27-4)8-17(7-15)28-5/h6-9,13H,10-12H2,1-5H3,(H,24,25). The molecule has 28 heavy (non-hydrogen) atoms. The molecule has 8 heteroatoms. The van der Waals surface area contributed by atoms with Gasteiger partial charge in [-0.15, -0.1) is 0 Å². The summed E-state index contributed by atoms with van der Waals surface area (Å²) < 4.78 is 12.3. The summed E-state index contributed by atoms with van der Waals surface area (Å²) in [6.45, 7) is 6.31. The second kappa shape index (κ2) is 9.25. The average molecular weight is 389 g/mol. The third kappa shape index (κ3) is 5.25. The summed E-state index contributed by atoms with van der Waals surface area (Å²) in [7, 11) is 3.07. The molecule has 2 rings (SSSR count). The Bertz CT molecular complexity index is 822. The average Bonchev–Trinajstić information content (AvgIpc) is 2.99. The molecule has 2 aromatic rings. The maximum atomic E-state index is 13.1. The number of carboxylic acid groups (broad SMARTS) is 1. The quantitative estimate of drug-likeness (QED) is 0.708. The maximum Gasteiger partial charge on any atom is 0.323 e. The zero-order valence-electron chi connectivity index (χ0n) is 16.9. The summed E-state index contributed by atoms with van der Waals surface area (Å²) in [5.74, 6) is 0.0454. The van der Waals surface area contributed by atoms with Crippen molar-refractivity contribution in [3.8, 4) is 11.5 Å². The molecule has 8 nitrogen and oxygen atoms in total. The molecule has 0 fully saturated rings. The molecule has 0 saturated heterocycles. The lowest BCUT2D eigenvalue weighted by Gasteiger charge is -2.21. The number of ether oxygens (including phenoxy) is 2. The van der Waals surface area contributed by atoms with E-state index in [1.54, 1.807) is 22.9 Å². The van der Waals surface area contributed by atoms with Crippen molar-refractivity contribution < 1.29 is 24.2 Å². The van der Waals surface area contributed by atoms with Crippen LogP contribution in [0.25, 0.3) is 0 Å². The summed E-state index contributed by atoms with van der Waals surface area (Å²) in [5.41, 5.74) is 1.83. The van der Waals surface area contributed by atoms with Gasteiger partial charge in [-0.2, -0.15) is 5.10 Å². The van der Waals surface area contributed by atoms with E-state index in [0.717, 1.165) is 5.69 Å². The van der Waals surface area contributed by atoms with E-state index in [9.17, 15) is 14.7 Å². The van der Waals surface area contributed by atoms with Gasteiger partial charge in [-0.25, -0.2) is 0 Å². The number of carbonyl (C=O) groups excluding carboxylic acids is 1. The predicted octanol–water partition coefficient (Wildman–Crippen LogP) is 2.59. The normalized spacial score (nSPS) is 10.8. The lowest BCUT2D eigenvalue weighted by Crippen LogP contribution is -2.35. The van der Waals surface area contributed by atoms with E-state index >= 15 is 0 Å². The van der Waals surface area contributed by atoms with E-state index in [0.29, 0.717) is 35.1 Å². The fourth-order valence-electron chi connectivity index (χ4n) is 2.90. The van der Waals surface area contributed by atoms with Gasteiger partial charge in [0.1, 0.15) is 18.0 Å². The molecular formula is C20H27N3O5. The Labute approximate surface area is 164 Å². The van der Waals surface area contributed by atoms with Gasteiger partial charge in [0.05, 0.1) is 26.0 Å². The molecule has 0 aliphatic heterocycles. The van der Waals surface area contributed by atoms with Gasteiger partial charge < -0.3 is 19.5 Å². The van der Waals surface area contributed by atoms with Crippen molar-refractivity contribution in [2.45, 2.75) is 33.9 Å². The number of carboxylic acids is 1. The SMILES string of the molecule is COc1cc(CN(CC(=O)O)C(=O)c2cnn(CC(C)C)c2C)cc(OC)c1. The van der Waals surface area contributed by atoms with E-state index < -0.39 is 12.5 Å². The number of amides is 1. The highest BCUT2D eigenvalue weighted by Crippen LogP contribution is 2.24. The highest BCUT2D eigenvalue weighted by atomic mass is 16.5. The van der Waals surface area contributed by atoms with Gasteiger partial charge in [0.2, 0.25) is 0 Å². The monoisotopic (exact) mass is 389 g/mol. The molecule has 152 valence electrons. The van der Waals surface area contributed by atoms with Gasteiger partial charge in [0.25, 0.3) is 5.91 Å². The Kier molecular flexibility index (Phi) is 7.03. The molecule has 0 aliphatic rings. The Balaban J connectivity index is 2.32. The van der Waals surface area contributed by atoms with Crippen LogP contribution in [0, 0.1) is 12.8 Å². The fraction of sp³-hybridized carbons (Fsp3) is 0.450. The zero-order valence-corrected chi connectivity index (χ0v) is 16.9.